The number of rotatable bonds is 4. The van der Waals surface area contributed by atoms with E-state index >= 15 is 0 Å². The Morgan fingerprint density at radius 1 is 1.17 bits per heavy atom. The SMILES string of the molecule is CC(Nc1nc(N)ncc1I)c1cc2cccc(Cl)c2c(=O)n1-c1ccccc1. The summed E-state index contributed by atoms with van der Waals surface area (Å²) in [4.78, 5) is 21.7. The zero-order valence-corrected chi connectivity index (χ0v) is 18.3. The molecule has 0 spiro atoms. The molecule has 0 amide bonds. The van der Waals surface area contributed by atoms with Gasteiger partial charge < -0.3 is 11.1 Å². The molecule has 6 nitrogen and oxygen atoms in total. The van der Waals surface area contributed by atoms with Crippen molar-refractivity contribution in [2.75, 3.05) is 11.1 Å². The molecule has 4 aromatic rings. The molecule has 0 radical (unpaired) electrons. The molecule has 0 fully saturated rings. The lowest BCUT2D eigenvalue weighted by molar-refractivity contribution is 0.772. The Labute approximate surface area is 185 Å². The zero-order chi connectivity index (χ0) is 20.5. The molecule has 0 aliphatic heterocycles. The Morgan fingerprint density at radius 2 is 1.93 bits per heavy atom. The fraction of sp³-hybridized carbons (Fsp3) is 0.0952. The standard InChI is InChI=1S/C21H17ClIN5O/c1-12(26-19-16(23)11-25-21(24)27-19)17-10-13-6-5-9-15(22)18(13)20(29)28(17)14-7-3-2-4-8-14/h2-12H,1H3,(H3,24,25,26,27). The molecule has 1 atom stereocenters. The summed E-state index contributed by atoms with van der Waals surface area (Å²) in [6.07, 6.45) is 1.66. The number of fused-ring (bicyclic) bond motifs is 1. The highest BCUT2D eigenvalue weighted by Gasteiger charge is 2.19. The normalized spacial score (nSPS) is 12.1. The third-order valence-corrected chi connectivity index (χ3v) is 5.70. The number of hydrogen-bond donors (Lipinski definition) is 2. The molecule has 0 saturated heterocycles. The van der Waals surface area contributed by atoms with Crippen LogP contribution in [-0.4, -0.2) is 14.5 Å². The average Bonchev–Trinajstić information content (AvgIpc) is 2.71. The van der Waals surface area contributed by atoms with Gasteiger partial charge in [0.25, 0.3) is 5.56 Å². The van der Waals surface area contributed by atoms with Gasteiger partial charge in [-0.05, 0) is 59.2 Å². The number of pyridine rings is 1. The maximum atomic E-state index is 13.5. The van der Waals surface area contributed by atoms with Crippen LogP contribution < -0.4 is 16.6 Å². The molecule has 2 heterocycles. The number of nitrogens with two attached hydrogens (primary N) is 1. The van der Waals surface area contributed by atoms with Crippen LogP contribution in [0.5, 0.6) is 0 Å². The molecule has 3 N–H and O–H groups in total. The first kappa shape index (κ1) is 19.7. The number of hydrogen-bond acceptors (Lipinski definition) is 5. The van der Waals surface area contributed by atoms with Crippen molar-refractivity contribution in [2.24, 2.45) is 0 Å². The highest BCUT2D eigenvalue weighted by atomic mass is 127. The summed E-state index contributed by atoms with van der Waals surface area (Å²) < 4.78 is 2.52. The summed E-state index contributed by atoms with van der Waals surface area (Å²) in [5.74, 6) is 0.801. The molecule has 0 aliphatic rings. The van der Waals surface area contributed by atoms with Crippen molar-refractivity contribution >= 4 is 56.7 Å². The van der Waals surface area contributed by atoms with E-state index in [0.717, 1.165) is 20.3 Å². The first-order valence-corrected chi connectivity index (χ1v) is 10.4. The summed E-state index contributed by atoms with van der Waals surface area (Å²) in [6.45, 7) is 1.97. The van der Waals surface area contributed by atoms with Gasteiger partial charge in [0, 0.05) is 17.6 Å². The minimum absolute atomic E-state index is 0.167. The topological polar surface area (TPSA) is 85.8 Å². The number of para-hydroxylation sites is 1. The van der Waals surface area contributed by atoms with Crippen LogP contribution in [0.2, 0.25) is 5.02 Å². The van der Waals surface area contributed by atoms with Crippen molar-refractivity contribution in [2.45, 2.75) is 13.0 Å². The smallest absolute Gasteiger partial charge is 0.264 e. The minimum atomic E-state index is -0.242. The zero-order valence-electron chi connectivity index (χ0n) is 15.4. The van der Waals surface area contributed by atoms with Gasteiger partial charge in [-0.15, -0.1) is 0 Å². The molecule has 0 bridgehead atoms. The van der Waals surface area contributed by atoms with Crippen LogP contribution in [-0.2, 0) is 0 Å². The van der Waals surface area contributed by atoms with Crippen LogP contribution >= 0.6 is 34.2 Å². The lowest BCUT2D eigenvalue weighted by atomic mass is 10.1. The van der Waals surface area contributed by atoms with Gasteiger partial charge in [0.05, 0.1) is 20.0 Å². The second kappa shape index (κ2) is 8.00. The Bertz CT molecular complexity index is 1260. The highest BCUT2D eigenvalue weighted by Crippen LogP contribution is 2.28. The van der Waals surface area contributed by atoms with Crippen LogP contribution in [0, 0.1) is 3.57 Å². The van der Waals surface area contributed by atoms with Gasteiger partial charge in [-0.25, -0.2) is 4.98 Å². The van der Waals surface area contributed by atoms with Crippen molar-refractivity contribution in [3.05, 3.63) is 85.4 Å². The van der Waals surface area contributed by atoms with Gasteiger partial charge in [0.1, 0.15) is 5.82 Å². The lowest BCUT2D eigenvalue weighted by Gasteiger charge is -2.22. The highest BCUT2D eigenvalue weighted by molar-refractivity contribution is 14.1. The van der Waals surface area contributed by atoms with Crippen LogP contribution in [0.4, 0.5) is 11.8 Å². The number of nitrogens with zero attached hydrogens (tertiary/aromatic N) is 3. The van der Waals surface area contributed by atoms with E-state index < -0.39 is 0 Å². The predicted molar refractivity (Wildman–Crippen MR) is 126 cm³/mol. The van der Waals surface area contributed by atoms with Crippen molar-refractivity contribution in [1.29, 1.82) is 0 Å². The molecular weight excluding hydrogens is 501 g/mol. The Morgan fingerprint density at radius 3 is 2.69 bits per heavy atom. The molecule has 146 valence electrons. The van der Waals surface area contributed by atoms with Gasteiger partial charge in [-0.3, -0.25) is 9.36 Å². The van der Waals surface area contributed by atoms with Gasteiger partial charge in [-0.2, -0.15) is 4.98 Å². The van der Waals surface area contributed by atoms with E-state index in [1.165, 1.54) is 0 Å². The van der Waals surface area contributed by atoms with E-state index in [1.54, 1.807) is 16.8 Å². The molecule has 0 saturated carbocycles. The van der Waals surface area contributed by atoms with Gasteiger partial charge in [0.2, 0.25) is 5.95 Å². The van der Waals surface area contributed by atoms with Crippen LogP contribution in [0.25, 0.3) is 16.5 Å². The molecule has 29 heavy (non-hydrogen) atoms. The molecule has 8 heteroatoms. The molecule has 2 aromatic carbocycles. The van der Waals surface area contributed by atoms with E-state index in [2.05, 4.69) is 37.9 Å². The second-order valence-corrected chi connectivity index (χ2v) is 8.11. The number of aromatic nitrogens is 3. The Balaban J connectivity index is 1.93. The van der Waals surface area contributed by atoms with Crippen molar-refractivity contribution < 1.29 is 0 Å². The number of benzene rings is 2. The minimum Gasteiger partial charge on any atom is -0.368 e. The summed E-state index contributed by atoms with van der Waals surface area (Å²) in [5, 5.41) is 5.07. The summed E-state index contributed by atoms with van der Waals surface area (Å²) in [7, 11) is 0. The molecule has 0 aliphatic carbocycles. The largest absolute Gasteiger partial charge is 0.368 e. The second-order valence-electron chi connectivity index (χ2n) is 6.54. The fourth-order valence-electron chi connectivity index (χ4n) is 3.26. The van der Waals surface area contributed by atoms with E-state index in [0.29, 0.717) is 16.2 Å². The van der Waals surface area contributed by atoms with E-state index in [9.17, 15) is 4.79 Å². The average molecular weight is 518 g/mol. The van der Waals surface area contributed by atoms with Gasteiger partial charge >= 0.3 is 0 Å². The van der Waals surface area contributed by atoms with Gasteiger partial charge in [-0.1, -0.05) is 41.9 Å². The fourth-order valence-corrected chi connectivity index (χ4v) is 3.94. The number of nitrogens with one attached hydrogen (secondary N) is 1. The lowest BCUT2D eigenvalue weighted by Crippen LogP contribution is -2.26. The summed E-state index contributed by atoms with van der Waals surface area (Å²) >= 11 is 8.51. The third kappa shape index (κ3) is 3.79. The van der Waals surface area contributed by atoms with Crippen molar-refractivity contribution in [3.8, 4) is 5.69 Å². The maximum Gasteiger partial charge on any atom is 0.264 e. The van der Waals surface area contributed by atoms with Crippen LogP contribution in [0.3, 0.4) is 0 Å². The summed E-state index contributed by atoms with van der Waals surface area (Å²) in [5.41, 5.74) is 7.12. The van der Waals surface area contributed by atoms with Crippen LogP contribution in [0.1, 0.15) is 18.7 Å². The van der Waals surface area contributed by atoms with Gasteiger partial charge in [0.15, 0.2) is 0 Å². The first-order valence-electron chi connectivity index (χ1n) is 8.90. The number of anilines is 2. The molecule has 4 rings (SSSR count). The van der Waals surface area contributed by atoms with Crippen LogP contribution in [0.15, 0.2) is 65.6 Å². The number of nitrogen functional groups attached to an aromatic ring is 1. The Hall–Kier alpha value is -2.65. The van der Waals surface area contributed by atoms with E-state index in [1.807, 2.05) is 55.5 Å². The summed E-state index contributed by atoms with van der Waals surface area (Å²) in [6, 6.07) is 16.7. The van der Waals surface area contributed by atoms with E-state index in [4.69, 9.17) is 17.3 Å². The quantitative estimate of drug-likeness (QED) is 0.380. The predicted octanol–water partition coefficient (Wildman–Crippen LogP) is 4.79. The maximum absolute atomic E-state index is 13.5. The monoisotopic (exact) mass is 517 g/mol. The van der Waals surface area contributed by atoms with Crippen molar-refractivity contribution in [3.63, 3.8) is 0 Å². The molecular formula is C21H17ClIN5O. The Kier molecular flexibility index (Phi) is 5.42. The number of halogens is 2. The first-order chi connectivity index (χ1) is 14.0. The third-order valence-electron chi connectivity index (χ3n) is 4.60. The van der Waals surface area contributed by atoms with E-state index in [-0.39, 0.29) is 17.5 Å². The molecule has 2 aromatic heterocycles. The molecule has 1 unspecified atom stereocenters. The van der Waals surface area contributed by atoms with Crippen molar-refractivity contribution in [1.82, 2.24) is 14.5 Å².